The smallest absolute Gasteiger partial charge is 0.147 e. The van der Waals surface area contributed by atoms with Crippen LogP contribution in [0.25, 0.3) is 0 Å². The van der Waals surface area contributed by atoms with Crippen molar-refractivity contribution < 1.29 is 0 Å². The maximum Gasteiger partial charge on any atom is 0.147 e. The number of hydrogen-bond acceptors (Lipinski definition) is 3. The van der Waals surface area contributed by atoms with Gasteiger partial charge in [-0.05, 0) is 34.5 Å². The Labute approximate surface area is 107 Å². The summed E-state index contributed by atoms with van der Waals surface area (Å²) >= 11 is 11.3. The molecule has 5 heteroatoms. The van der Waals surface area contributed by atoms with Crippen molar-refractivity contribution in [2.45, 2.75) is 31.4 Å². The standard InChI is InChI=1S/C10H12BrClN2S/c1-2-15-5-7-13-9(6-3-4-6)8(11)10(12)14-7/h6H,2-5H2,1H3. The minimum atomic E-state index is 0.554. The second-order valence-corrected chi connectivity index (χ2v) is 5.97. The molecular formula is C10H12BrClN2S. The van der Waals surface area contributed by atoms with E-state index >= 15 is 0 Å². The van der Waals surface area contributed by atoms with Crippen LogP contribution in [-0.4, -0.2) is 15.7 Å². The zero-order valence-electron chi connectivity index (χ0n) is 8.46. The molecule has 0 aliphatic heterocycles. The van der Waals surface area contributed by atoms with Gasteiger partial charge < -0.3 is 0 Å². The van der Waals surface area contributed by atoms with E-state index < -0.39 is 0 Å². The Kier molecular flexibility index (Phi) is 3.91. The SMILES string of the molecule is CCSCc1nc(Cl)c(Br)c(C2CC2)n1. The average molecular weight is 308 g/mol. The van der Waals surface area contributed by atoms with Gasteiger partial charge in [0.05, 0.1) is 15.9 Å². The summed E-state index contributed by atoms with van der Waals surface area (Å²) in [6, 6.07) is 0. The van der Waals surface area contributed by atoms with Crippen LogP contribution >= 0.6 is 39.3 Å². The molecule has 82 valence electrons. The molecule has 15 heavy (non-hydrogen) atoms. The fourth-order valence-electron chi connectivity index (χ4n) is 1.37. The third-order valence-corrected chi connectivity index (χ3v) is 4.44. The molecule has 0 N–H and O–H groups in total. The topological polar surface area (TPSA) is 25.8 Å². The van der Waals surface area contributed by atoms with Crippen molar-refractivity contribution >= 4 is 39.3 Å². The fourth-order valence-corrected chi connectivity index (χ4v) is 2.58. The maximum absolute atomic E-state index is 6.06. The van der Waals surface area contributed by atoms with Crippen LogP contribution in [0, 0.1) is 0 Å². The Hall–Kier alpha value is 0.200. The summed E-state index contributed by atoms with van der Waals surface area (Å²) in [6.07, 6.45) is 2.46. The minimum Gasteiger partial charge on any atom is -0.235 e. The van der Waals surface area contributed by atoms with Crippen LogP contribution in [0.2, 0.25) is 5.15 Å². The van der Waals surface area contributed by atoms with Crippen LogP contribution in [0.1, 0.15) is 37.2 Å². The number of hydrogen-bond donors (Lipinski definition) is 0. The van der Waals surface area contributed by atoms with Gasteiger partial charge in [0.15, 0.2) is 0 Å². The second kappa shape index (κ2) is 5.02. The molecule has 0 atom stereocenters. The fraction of sp³-hybridized carbons (Fsp3) is 0.600. The third-order valence-electron chi connectivity index (χ3n) is 2.28. The van der Waals surface area contributed by atoms with Crippen LogP contribution in [0.15, 0.2) is 4.47 Å². The van der Waals surface area contributed by atoms with Crippen molar-refractivity contribution in [2.75, 3.05) is 5.75 Å². The summed E-state index contributed by atoms with van der Waals surface area (Å²) < 4.78 is 0.886. The molecule has 1 aliphatic carbocycles. The molecule has 2 rings (SSSR count). The number of nitrogens with zero attached hydrogens (tertiary/aromatic N) is 2. The number of halogens is 2. The molecule has 0 amide bonds. The summed E-state index contributed by atoms with van der Waals surface area (Å²) in [6.45, 7) is 2.13. The highest BCUT2D eigenvalue weighted by Crippen LogP contribution is 2.43. The minimum absolute atomic E-state index is 0.554. The summed E-state index contributed by atoms with van der Waals surface area (Å²) in [7, 11) is 0. The van der Waals surface area contributed by atoms with Gasteiger partial charge >= 0.3 is 0 Å². The molecule has 0 spiro atoms. The zero-order chi connectivity index (χ0) is 10.8. The summed E-state index contributed by atoms with van der Waals surface area (Å²) in [5.74, 6) is 3.39. The number of thioether (sulfide) groups is 1. The van der Waals surface area contributed by atoms with Gasteiger partial charge in [0, 0.05) is 5.92 Å². The second-order valence-electron chi connectivity index (χ2n) is 3.54. The highest BCUT2D eigenvalue weighted by atomic mass is 79.9. The van der Waals surface area contributed by atoms with Gasteiger partial charge in [0.1, 0.15) is 11.0 Å². The molecule has 1 aliphatic rings. The Bertz CT molecular complexity index is 369. The van der Waals surface area contributed by atoms with Crippen molar-refractivity contribution in [1.29, 1.82) is 0 Å². The summed E-state index contributed by atoms with van der Waals surface area (Å²) in [5, 5.41) is 0.554. The first-order valence-electron chi connectivity index (χ1n) is 5.02. The summed E-state index contributed by atoms with van der Waals surface area (Å²) in [5.41, 5.74) is 1.10. The molecule has 2 nitrogen and oxygen atoms in total. The lowest BCUT2D eigenvalue weighted by atomic mass is 10.3. The molecule has 1 heterocycles. The van der Waals surface area contributed by atoms with Gasteiger partial charge in [-0.2, -0.15) is 11.8 Å². The molecule has 1 saturated carbocycles. The first-order chi connectivity index (χ1) is 7.22. The Balaban J connectivity index is 2.24. The van der Waals surface area contributed by atoms with Gasteiger partial charge in [-0.3, -0.25) is 0 Å². The summed E-state index contributed by atoms with van der Waals surface area (Å²) in [4.78, 5) is 8.84. The molecule has 0 saturated heterocycles. The number of aromatic nitrogens is 2. The maximum atomic E-state index is 6.06. The predicted octanol–water partition coefficient (Wildman–Crippen LogP) is 4.02. The molecular weight excluding hydrogens is 296 g/mol. The Morgan fingerprint density at radius 3 is 2.80 bits per heavy atom. The van der Waals surface area contributed by atoms with Crippen molar-refractivity contribution in [2.24, 2.45) is 0 Å². The van der Waals surface area contributed by atoms with Crippen molar-refractivity contribution in [3.8, 4) is 0 Å². The highest BCUT2D eigenvalue weighted by Gasteiger charge is 2.29. The number of rotatable bonds is 4. The molecule has 0 radical (unpaired) electrons. The van der Waals surface area contributed by atoms with Crippen molar-refractivity contribution in [3.63, 3.8) is 0 Å². The van der Waals surface area contributed by atoms with Crippen molar-refractivity contribution in [3.05, 3.63) is 21.1 Å². The molecule has 0 aromatic carbocycles. The van der Waals surface area contributed by atoms with Crippen molar-refractivity contribution in [1.82, 2.24) is 9.97 Å². The van der Waals surface area contributed by atoms with E-state index in [-0.39, 0.29) is 0 Å². The molecule has 1 fully saturated rings. The molecule has 1 aromatic rings. The van der Waals surface area contributed by atoms with E-state index in [1.54, 1.807) is 0 Å². The van der Waals surface area contributed by atoms with Crippen LogP contribution in [0.4, 0.5) is 0 Å². The molecule has 0 unspecified atom stereocenters. The lowest BCUT2D eigenvalue weighted by Crippen LogP contribution is -1.99. The van der Waals surface area contributed by atoms with Crippen LogP contribution in [-0.2, 0) is 5.75 Å². The van der Waals surface area contributed by atoms with Gasteiger partial charge in [-0.25, -0.2) is 9.97 Å². The average Bonchev–Trinajstić information content (AvgIpc) is 3.03. The van der Waals surface area contributed by atoms with Gasteiger partial charge in [0.2, 0.25) is 0 Å². The van der Waals surface area contributed by atoms with E-state index in [0.29, 0.717) is 11.1 Å². The predicted molar refractivity (Wildman–Crippen MR) is 68.6 cm³/mol. The quantitative estimate of drug-likeness (QED) is 0.786. The monoisotopic (exact) mass is 306 g/mol. The largest absolute Gasteiger partial charge is 0.235 e. The van der Waals surface area contributed by atoms with E-state index in [1.165, 1.54) is 12.8 Å². The van der Waals surface area contributed by atoms with Gasteiger partial charge in [-0.1, -0.05) is 18.5 Å². The first-order valence-corrected chi connectivity index (χ1v) is 7.34. The van der Waals surface area contributed by atoms with Crippen LogP contribution < -0.4 is 0 Å². The first kappa shape index (κ1) is 11.7. The Morgan fingerprint density at radius 1 is 1.47 bits per heavy atom. The third kappa shape index (κ3) is 2.86. The van der Waals surface area contributed by atoms with Crippen LogP contribution in [0.5, 0.6) is 0 Å². The highest BCUT2D eigenvalue weighted by molar-refractivity contribution is 9.10. The molecule has 0 bridgehead atoms. The lowest BCUT2D eigenvalue weighted by molar-refractivity contribution is 0.920. The van der Waals surface area contributed by atoms with Crippen LogP contribution in [0.3, 0.4) is 0 Å². The van der Waals surface area contributed by atoms with Gasteiger partial charge in [-0.15, -0.1) is 0 Å². The van der Waals surface area contributed by atoms with E-state index in [1.807, 2.05) is 11.8 Å². The van der Waals surface area contributed by atoms with E-state index in [0.717, 1.165) is 27.5 Å². The normalized spacial score (nSPS) is 15.7. The van der Waals surface area contributed by atoms with E-state index in [2.05, 4.69) is 32.8 Å². The van der Waals surface area contributed by atoms with Gasteiger partial charge in [0.25, 0.3) is 0 Å². The van der Waals surface area contributed by atoms with E-state index in [9.17, 15) is 0 Å². The zero-order valence-corrected chi connectivity index (χ0v) is 11.6. The molecule has 1 aromatic heterocycles. The lowest BCUT2D eigenvalue weighted by Gasteiger charge is -2.06. The van der Waals surface area contributed by atoms with E-state index in [4.69, 9.17) is 11.6 Å². The Morgan fingerprint density at radius 2 is 2.20 bits per heavy atom.